The lowest BCUT2D eigenvalue weighted by atomic mass is 9.87. The van der Waals surface area contributed by atoms with Crippen molar-refractivity contribution in [3.63, 3.8) is 0 Å². The quantitative estimate of drug-likeness (QED) is 0.854. The van der Waals surface area contributed by atoms with Gasteiger partial charge in [-0.1, -0.05) is 11.6 Å². The SMILES string of the molecule is Cc1cc(Cl)cc(C(=O)C2CCN(C(=O)C3CCNCC3)CC2)c1. The lowest BCUT2D eigenvalue weighted by molar-refractivity contribution is -0.137. The molecule has 130 valence electrons. The zero-order valence-electron chi connectivity index (χ0n) is 14.2. The van der Waals surface area contributed by atoms with Gasteiger partial charge >= 0.3 is 0 Å². The highest BCUT2D eigenvalue weighted by Gasteiger charge is 2.31. The summed E-state index contributed by atoms with van der Waals surface area (Å²) in [6.07, 6.45) is 3.36. The summed E-state index contributed by atoms with van der Waals surface area (Å²) in [7, 11) is 0. The predicted octanol–water partition coefficient (Wildman–Crippen LogP) is 3.07. The Labute approximate surface area is 148 Å². The molecule has 4 nitrogen and oxygen atoms in total. The Hall–Kier alpha value is -1.39. The fraction of sp³-hybridized carbons (Fsp3) is 0.579. The molecule has 2 aliphatic heterocycles. The van der Waals surface area contributed by atoms with Crippen molar-refractivity contribution >= 4 is 23.3 Å². The summed E-state index contributed by atoms with van der Waals surface area (Å²) in [4.78, 5) is 27.3. The summed E-state index contributed by atoms with van der Waals surface area (Å²) in [6, 6.07) is 5.52. The average molecular weight is 349 g/mol. The average Bonchev–Trinajstić information content (AvgIpc) is 2.60. The first-order chi connectivity index (χ1) is 11.5. The van der Waals surface area contributed by atoms with Gasteiger partial charge in [0, 0.05) is 35.5 Å². The molecule has 3 rings (SSSR count). The van der Waals surface area contributed by atoms with E-state index in [1.54, 1.807) is 6.07 Å². The van der Waals surface area contributed by atoms with Crippen LogP contribution >= 0.6 is 11.6 Å². The van der Waals surface area contributed by atoms with Gasteiger partial charge in [0.25, 0.3) is 0 Å². The molecule has 0 bridgehead atoms. The first kappa shape index (κ1) is 17.4. The summed E-state index contributed by atoms with van der Waals surface area (Å²) in [6.45, 7) is 5.19. The van der Waals surface area contributed by atoms with Crippen LogP contribution in [-0.2, 0) is 4.79 Å². The first-order valence-electron chi connectivity index (χ1n) is 8.85. The lowest BCUT2D eigenvalue weighted by Crippen LogP contribution is -2.45. The van der Waals surface area contributed by atoms with Crippen molar-refractivity contribution in [3.05, 3.63) is 34.3 Å². The number of aryl methyl sites for hydroxylation is 1. The minimum Gasteiger partial charge on any atom is -0.342 e. The van der Waals surface area contributed by atoms with E-state index in [9.17, 15) is 9.59 Å². The molecular formula is C19H25ClN2O2. The summed E-state index contributed by atoms with van der Waals surface area (Å²) in [5, 5.41) is 3.90. The van der Waals surface area contributed by atoms with E-state index in [1.165, 1.54) is 0 Å². The van der Waals surface area contributed by atoms with Crippen LogP contribution in [0.25, 0.3) is 0 Å². The fourth-order valence-electron chi connectivity index (χ4n) is 3.80. The van der Waals surface area contributed by atoms with Gasteiger partial charge in [-0.2, -0.15) is 0 Å². The van der Waals surface area contributed by atoms with E-state index in [0.29, 0.717) is 23.7 Å². The number of rotatable bonds is 3. The highest BCUT2D eigenvalue weighted by atomic mass is 35.5. The van der Waals surface area contributed by atoms with Crippen LogP contribution in [0.4, 0.5) is 0 Å². The molecule has 0 spiro atoms. The number of nitrogens with one attached hydrogen (secondary N) is 1. The van der Waals surface area contributed by atoms with Crippen molar-refractivity contribution in [1.29, 1.82) is 0 Å². The molecule has 5 heteroatoms. The normalized spacial score (nSPS) is 20.2. The number of likely N-dealkylation sites (tertiary alicyclic amines) is 1. The maximum Gasteiger partial charge on any atom is 0.225 e. The van der Waals surface area contributed by atoms with E-state index in [-0.39, 0.29) is 23.5 Å². The van der Waals surface area contributed by atoms with Crippen molar-refractivity contribution in [2.75, 3.05) is 26.2 Å². The molecule has 1 amide bonds. The number of halogens is 1. The Bertz CT molecular complexity index is 598. The van der Waals surface area contributed by atoms with Crippen molar-refractivity contribution in [1.82, 2.24) is 10.2 Å². The highest BCUT2D eigenvalue weighted by molar-refractivity contribution is 6.31. The van der Waals surface area contributed by atoms with Crippen LogP contribution in [-0.4, -0.2) is 42.8 Å². The maximum absolute atomic E-state index is 12.7. The van der Waals surface area contributed by atoms with Gasteiger partial charge in [-0.15, -0.1) is 0 Å². The van der Waals surface area contributed by atoms with Crippen molar-refractivity contribution in [3.8, 4) is 0 Å². The number of piperidine rings is 2. The van der Waals surface area contributed by atoms with Gasteiger partial charge in [0.1, 0.15) is 0 Å². The second kappa shape index (κ2) is 7.66. The summed E-state index contributed by atoms with van der Waals surface area (Å²) in [5.41, 5.74) is 1.70. The predicted molar refractivity (Wildman–Crippen MR) is 95.4 cm³/mol. The number of carbonyl (C=O) groups is 2. The Morgan fingerprint density at radius 1 is 1.04 bits per heavy atom. The molecule has 1 N–H and O–H groups in total. The number of carbonyl (C=O) groups excluding carboxylic acids is 2. The number of benzene rings is 1. The first-order valence-corrected chi connectivity index (χ1v) is 9.23. The van der Waals surface area contributed by atoms with Crippen LogP contribution in [0.15, 0.2) is 18.2 Å². The van der Waals surface area contributed by atoms with Crippen LogP contribution in [0, 0.1) is 18.8 Å². The molecule has 2 saturated heterocycles. The van der Waals surface area contributed by atoms with E-state index in [2.05, 4.69) is 5.32 Å². The molecule has 0 atom stereocenters. The van der Waals surface area contributed by atoms with Gasteiger partial charge in [-0.3, -0.25) is 9.59 Å². The number of hydrogen-bond acceptors (Lipinski definition) is 3. The lowest BCUT2D eigenvalue weighted by Gasteiger charge is -2.35. The number of hydrogen-bond donors (Lipinski definition) is 1. The third-order valence-electron chi connectivity index (χ3n) is 5.19. The van der Waals surface area contributed by atoms with Gasteiger partial charge in [0.2, 0.25) is 5.91 Å². The highest BCUT2D eigenvalue weighted by Crippen LogP contribution is 2.26. The monoisotopic (exact) mass is 348 g/mol. The molecule has 0 unspecified atom stereocenters. The number of ketones is 1. The van der Waals surface area contributed by atoms with Crippen LogP contribution in [0.3, 0.4) is 0 Å². The van der Waals surface area contributed by atoms with Crippen molar-refractivity contribution in [2.45, 2.75) is 32.6 Å². The molecule has 2 aliphatic rings. The van der Waals surface area contributed by atoms with Crippen LogP contribution in [0.2, 0.25) is 5.02 Å². The zero-order chi connectivity index (χ0) is 17.1. The van der Waals surface area contributed by atoms with Gasteiger partial charge in [-0.25, -0.2) is 0 Å². The molecule has 0 radical (unpaired) electrons. The van der Waals surface area contributed by atoms with E-state index >= 15 is 0 Å². The van der Waals surface area contributed by atoms with Crippen LogP contribution < -0.4 is 5.32 Å². The summed E-state index contributed by atoms with van der Waals surface area (Å²) in [5.74, 6) is 0.601. The number of amides is 1. The fourth-order valence-corrected chi connectivity index (χ4v) is 4.09. The number of nitrogens with zero attached hydrogens (tertiary/aromatic N) is 1. The molecule has 0 aliphatic carbocycles. The molecule has 1 aromatic carbocycles. The largest absolute Gasteiger partial charge is 0.342 e. The maximum atomic E-state index is 12.7. The molecule has 0 saturated carbocycles. The van der Waals surface area contributed by atoms with Crippen molar-refractivity contribution in [2.24, 2.45) is 11.8 Å². The van der Waals surface area contributed by atoms with E-state index in [4.69, 9.17) is 11.6 Å². The van der Waals surface area contributed by atoms with Gasteiger partial charge < -0.3 is 10.2 Å². The van der Waals surface area contributed by atoms with Gasteiger partial charge in [0.15, 0.2) is 5.78 Å². The second-order valence-electron chi connectivity index (χ2n) is 7.01. The van der Waals surface area contributed by atoms with E-state index in [0.717, 1.165) is 44.3 Å². The summed E-state index contributed by atoms with van der Waals surface area (Å²) < 4.78 is 0. The van der Waals surface area contributed by atoms with E-state index < -0.39 is 0 Å². The minimum atomic E-state index is -0.0000563. The standard InChI is InChI=1S/C19H25ClN2O2/c1-13-10-16(12-17(20)11-13)18(23)14-4-8-22(9-5-14)19(24)15-2-6-21-7-3-15/h10-12,14-15,21H,2-9H2,1H3. The Balaban J connectivity index is 1.58. The zero-order valence-corrected chi connectivity index (χ0v) is 14.9. The topological polar surface area (TPSA) is 49.4 Å². The molecular weight excluding hydrogens is 324 g/mol. The smallest absolute Gasteiger partial charge is 0.225 e. The third-order valence-corrected chi connectivity index (χ3v) is 5.41. The van der Waals surface area contributed by atoms with Gasteiger partial charge in [0.05, 0.1) is 0 Å². The second-order valence-corrected chi connectivity index (χ2v) is 7.44. The van der Waals surface area contributed by atoms with E-state index in [1.807, 2.05) is 24.0 Å². The summed E-state index contributed by atoms with van der Waals surface area (Å²) >= 11 is 6.07. The van der Waals surface area contributed by atoms with Crippen LogP contribution in [0.5, 0.6) is 0 Å². The third kappa shape index (κ3) is 3.98. The molecule has 0 aromatic heterocycles. The molecule has 1 aromatic rings. The molecule has 2 heterocycles. The van der Waals surface area contributed by atoms with Crippen molar-refractivity contribution < 1.29 is 9.59 Å². The van der Waals surface area contributed by atoms with Gasteiger partial charge in [-0.05, 0) is 69.5 Å². The Kier molecular flexibility index (Phi) is 5.57. The Morgan fingerprint density at radius 2 is 1.71 bits per heavy atom. The minimum absolute atomic E-state index is 0.0000563. The molecule has 2 fully saturated rings. The van der Waals surface area contributed by atoms with Crippen LogP contribution in [0.1, 0.15) is 41.6 Å². The number of Topliss-reactive ketones (excluding diaryl/α,β-unsaturated/α-hetero) is 1. The molecule has 24 heavy (non-hydrogen) atoms. The Morgan fingerprint density at radius 3 is 2.33 bits per heavy atom.